The van der Waals surface area contributed by atoms with Gasteiger partial charge in [0.1, 0.15) is 17.1 Å². The number of rotatable bonds is 8. The number of nitrogens with zero attached hydrogens (tertiary/aromatic N) is 3. The number of benzene rings is 2. The fraction of sp³-hybridized carbons (Fsp3) is 0.261. The third-order valence-electron chi connectivity index (χ3n) is 5.46. The van der Waals surface area contributed by atoms with Gasteiger partial charge in [0.05, 0.1) is 22.0 Å². The largest absolute Gasteiger partial charge is 0.452 e. The van der Waals surface area contributed by atoms with Crippen molar-refractivity contribution in [2.24, 2.45) is 7.05 Å². The Hall–Kier alpha value is -3.78. The first kappa shape index (κ1) is 28.8. The van der Waals surface area contributed by atoms with Crippen molar-refractivity contribution in [2.75, 3.05) is 24.5 Å². The van der Waals surface area contributed by atoms with E-state index in [1.54, 1.807) is 44.3 Å². The molecule has 0 fully saturated rings. The molecule has 3 aromatic rings. The van der Waals surface area contributed by atoms with Crippen LogP contribution in [0.3, 0.4) is 0 Å². The Morgan fingerprint density at radius 2 is 1.76 bits per heavy atom. The van der Waals surface area contributed by atoms with Crippen LogP contribution in [-0.4, -0.2) is 56.0 Å². The van der Waals surface area contributed by atoms with Crippen LogP contribution < -0.4 is 15.2 Å². The van der Waals surface area contributed by atoms with Crippen LogP contribution in [0.1, 0.15) is 16.1 Å². The summed E-state index contributed by atoms with van der Waals surface area (Å²) in [5.41, 5.74) is -0.305. The number of aromatic nitrogens is 2. The monoisotopic (exact) mass is 574 g/mol. The van der Waals surface area contributed by atoms with Crippen LogP contribution in [0.2, 0.25) is 5.02 Å². The molecular weight excluding hydrogens is 553 g/mol. The Balaban J connectivity index is 1.90. The molecule has 204 valence electrons. The first-order valence-electron chi connectivity index (χ1n) is 10.8. The predicted octanol–water partition coefficient (Wildman–Crippen LogP) is 2.80. The molecule has 15 heteroatoms. The normalized spacial score (nSPS) is 11.8. The molecule has 0 spiro atoms. The number of ether oxygens (including phenoxy) is 1. The van der Waals surface area contributed by atoms with Crippen molar-refractivity contribution in [3.05, 3.63) is 75.2 Å². The fourth-order valence-electron chi connectivity index (χ4n) is 3.48. The third kappa shape index (κ3) is 6.02. The summed E-state index contributed by atoms with van der Waals surface area (Å²) in [5.74, 6) is -2.38. The van der Waals surface area contributed by atoms with Gasteiger partial charge in [0.2, 0.25) is 0 Å². The molecule has 0 aliphatic heterocycles. The summed E-state index contributed by atoms with van der Waals surface area (Å²) < 4.78 is 71.8. The van der Waals surface area contributed by atoms with Crippen LogP contribution in [0, 0.1) is 6.92 Å². The molecule has 0 atom stereocenters. The minimum Gasteiger partial charge on any atom is -0.452 e. The van der Waals surface area contributed by atoms with Crippen LogP contribution in [0.25, 0.3) is 5.69 Å². The molecule has 0 unspecified atom stereocenters. The van der Waals surface area contributed by atoms with Crippen molar-refractivity contribution in [2.45, 2.75) is 18.0 Å². The van der Waals surface area contributed by atoms with E-state index in [-0.39, 0.29) is 16.3 Å². The first-order chi connectivity index (χ1) is 17.6. The zero-order valence-corrected chi connectivity index (χ0v) is 21.8. The molecule has 1 aromatic heterocycles. The Kier molecular flexibility index (Phi) is 8.27. The fourth-order valence-corrected chi connectivity index (χ4v) is 5.22. The topological polar surface area (TPSA) is 120 Å². The van der Waals surface area contributed by atoms with Crippen molar-refractivity contribution >= 4 is 39.2 Å². The lowest BCUT2D eigenvalue weighted by atomic mass is 10.2. The highest BCUT2D eigenvalue weighted by molar-refractivity contribution is 7.93. The van der Waals surface area contributed by atoms with Crippen molar-refractivity contribution in [3.8, 4) is 5.69 Å². The molecule has 2 aromatic carbocycles. The van der Waals surface area contributed by atoms with E-state index in [2.05, 4.69) is 4.74 Å². The predicted molar refractivity (Wildman–Crippen MR) is 132 cm³/mol. The van der Waals surface area contributed by atoms with E-state index in [9.17, 15) is 36.0 Å². The number of para-hydroxylation sites is 1. The van der Waals surface area contributed by atoms with Gasteiger partial charge in [-0.3, -0.25) is 18.6 Å². The van der Waals surface area contributed by atoms with Gasteiger partial charge < -0.3 is 10.1 Å². The number of nitrogens with one attached hydrogen (secondary N) is 1. The van der Waals surface area contributed by atoms with Crippen molar-refractivity contribution in [3.63, 3.8) is 0 Å². The molecule has 10 nitrogen and oxygen atoms in total. The van der Waals surface area contributed by atoms with E-state index in [0.717, 1.165) is 29.6 Å². The molecule has 0 saturated carbocycles. The Morgan fingerprint density at radius 3 is 2.37 bits per heavy atom. The molecule has 38 heavy (non-hydrogen) atoms. The van der Waals surface area contributed by atoms with Gasteiger partial charge in [-0.2, -0.15) is 13.2 Å². The van der Waals surface area contributed by atoms with Gasteiger partial charge in [0.15, 0.2) is 6.61 Å². The second-order valence-electron chi connectivity index (χ2n) is 8.00. The summed E-state index contributed by atoms with van der Waals surface area (Å²) in [7, 11) is -1.76. The molecule has 0 bridgehead atoms. The number of anilines is 1. The summed E-state index contributed by atoms with van der Waals surface area (Å²) in [6.07, 6.45) is -4.65. The SMILES string of the molecule is Cc1c(N(C)S(=O)(=O)c2cc(C(=O)OCC(=O)NCC(F)(F)F)ccc2Cl)c(=O)n(-c2ccccc2)n1C. The van der Waals surface area contributed by atoms with Crippen LogP contribution in [-0.2, 0) is 26.6 Å². The summed E-state index contributed by atoms with van der Waals surface area (Å²) in [6.45, 7) is -1.08. The number of carbonyl (C=O) groups excluding carboxylic acids is 2. The van der Waals surface area contributed by atoms with Crippen molar-refractivity contribution in [1.82, 2.24) is 14.7 Å². The van der Waals surface area contributed by atoms with Crippen LogP contribution in [0.4, 0.5) is 18.9 Å². The van der Waals surface area contributed by atoms with Gasteiger partial charge >= 0.3 is 12.1 Å². The van der Waals surface area contributed by atoms with Crippen molar-refractivity contribution < 1.29 is 35.9 Å². The average Bonchev–Trinajstić information content (AvgIpc) is 3.08. The van der Waals surface area contributed by atoms with E-state index in [0.29, 0.717) is 11.4 Å². The minimum atomic E-state index is -4.65. The van der Waals surface area contributed by atoms with Crippen molar-refractivity contribution in [1.29, 1.82) is 0 Å². The standard InChI is InChI=1S/C23H22ClF3N4O6S/c1-14-20(21(33)31(29(14)2)16-7-5-4-6-8-16)30(3)38(35,36)18-11-15(9-10-17(18)24)22(34)37-12-19(32)28-13-23(25,26)27/h4-11H,12-13H2,1-3H3,(H,28,32). The maximum Gasteiger partial charge on any atom is 0.405 e. The summed E-state index contributed by atoms with van der Waals surface area (Å²) in [4.78, 5) is 36.6. The lowest BCUT2D eigenvalue weighted by Gasteiger charge is -2.19. The number of alkyl halides is 3. The highest BCUT2D eigenvalue weighted by Gasteiger charge is 2.31. The second kappa shape index (κ2) is 10.9. The van der Waals surface area contributed by atoms with E-state index in [1.165, 1.54) is 14.7 Å². The highest BCUT2D eigenvalue weighted by atomic mass is 35.5. The molecule has 1 heterocycles. The number of sulfonamides is 1. The number of esters is 1. The average molecular weight is 575 g/mol. The maximum atomic E-state index is 13.5. The van der Waals surface area contributed by atoms with Crippen LogP contribution >= 0.6 is 11.6 Å². The first-order valence-corrected chi connectivity index (χ1v) is 12.6. The quantitative estimate of drug-likeness (QED) is 0.413. The zero-order chi connectivity index (χ0) is 28.4. The lowest BCUT2D eigenvalue weighted by Crippen LogP contribution is -2.36. The summed E-state index contributed by atoms with van der Waals surface area (Å²) in [6, 6.07) is 11.6. The van der Waals surface area contributed by atoms with E-state index < -0.39 is 51.7 Å². The number of carbonyl (C=O) groups is 2. The van der Waals surface area contributed by atoms with E-state index in [1.807, 2.05) is 0 Å². The molecule has 0 radical (unpaired) electrons. The maximum absolute atomic E-state index is 13.5. The van der Waals surface area contributed by atoms with E-state index >= 15 is 0 Å². The summed E-state index contributed by atoms with van der Waals surface area (Å²) >= 11 is 6.12. The van der Waals surface area contributed by atoms with Gasteiger partial charge in [-0.1, -0.05) is 29.8 Å². The van der Waals surface area contributed by atoms with Gasteiger partial charge in [-0.05, 0) is 37.3 Å². The number of hydrogen-bond acceptors (Lipinski definition) is 6. The van der Waals surface area contributed by atoms with Crippen LogP contribution in [0.5, 0.6) is 0 Å². The molecule has 0 saturated heterocycles. The number of amides is 1. The van der Waals surface area contributed by atoms with Gasteiger partial charge in [0.25, 0.3) is 21.5 Å². The van der Waals surface area contributed by atoms with Gasteiger partial charge in [-0.25, -0.2) is 17.9 Å². The Bertz CT molecular complexity index is 1530. The third-order valence-corrected chi connectivity index (χ3v) is 7.70. The molecule has 3 rings (SSSR count). The number of hydrogen-bond donors (Lipinski definition) is 1. The molecule has 0 aliphatic rings. The Labute approximate surface area is 220 Å². The smallest absolute Gasteiger partial charge is 0.405 e. The molecular formula is C23H22ClF3N4O6S. The molecule has 0 aliphatic carbocycles. The minimum absolute atomic E-state index is 0.165. The summed E-state index contributed by atoms with van der Waals surface area (Å²) in [5, 5.41) is 1.27. The highest BCUT2D eigenvalue weighted by Crippen LogP contribution is 2.29. The van der Waals surface area contributed by atoms with E-state index in [4.69, 9.17) is 11.6 Å². The molecule has 1 amide bonds. The second-order valence-corrected chi connectivity index (χ2v) is 10.3. The number of halogens is 4. The molecule has 1 N–H and O–H groups in total. The van der Waals surface area contributed by atoms with Crippen LogP contribution in [0.15, 0.2) is 58.2 Å². The van der Waals surface area contributed by atoms with Gasteiger partial charge in [0, 0.05) is 14.1 Å². The lowest BCUT2D eigenvalue weighted by molar-refractivity contribution is -0.140. The zero-order valence-electron chi connectivity index (χ0n) is 20.2. The van der Waals surface area contributed by atoms with Gasteiger partial charge in [-0.15, -0.1) is 0 Å². The Morgan fingerprint density at radius 1 is 1.13 bits per heavy atom.